The van der Waals surface area contributed by atoms with E-state index in [9.17, 15) is 9.59 Å². The molecule has 1 rings (SSSR count). The lowest BCUT2D eigenvalue weighted by molar-refractivity contribution is 0.0951. The molecular weight excluding hydrogens is 194 g/mol. The van der Waals surface area contributed by atoms with E-state index in [0.29, 0.717) is 11.1 Å². The molecule has 0 unspecified atom stereocenters. The van der Waals surface area contributed by atoms with Gasteiger partial charge in [0.2, 0.25) is 5.91 Å². The quantitative estimate of drug-likeness (QED) is 0.374. The number of carbonyl (C=O) groups excluding carboxylic acids is 2. The van der Waals surface area contributed by atoms with E-state index in [4.69, 9.17) is 11.6 Å². The molecule has 82 valence electrons. The van der Waals surface area contributed by atoms with Crippen LogP contribution in [0.25, 0.3) is 0 Å². The Kier molecular flexibility index (Phi) is 5.73. The van der Waals surface area contributed by atoms with Gasteiger partial charge < -0.3 is 5.73 Å². The van der Waals surface area contributed by atoms with Crippen molar-refractivity contribution in [2.24, 2.45) is 11.6 Å². The summed E-state index contributed by atoms with van der Waals surface area (Å²) < 4.78 is 0. The van der Waals surface area contributed by atoms with Gasteiger partial charge in [0.15, 0.2) is 0 Å². The van der Waals surface area contributed by atoms with E-state index in [1.807, 2.05) is 19.3 Å². The number of primary amides is 1. The highest BCUT2D eigenvalue weighted by Gasteiger charge is 2.04. The van der Waals surface area contributed by atoms with Gasteiger partial charge in [0.05, 0.1) is 0 Å². The molecule has 0 saturated carbocycles. The minimum atomic E-state index is -0.528. The Morgan fingerprint density at radius 1 is 1.07 bits per heavy atom. The van der Waals surface area contributed by atoms with Gasteiger partial charge in [-0.1, -0.05) is 13.8 Å². The second-order valence-electron chi connectivity index (χ2n) is 2.42. The molecule has 5 heteroatoms. The first-order valence-corrected chi connectivity index (χ1v) is 4.56. The molecule has 0 radical (unpaired) electrons. The Balaban J connectivity index is 0.000000921. The Bertz CT molecular complexity index is 333. The topological polar surface area (TPSA) is 98.2 Å². The zero-order valence-corrected chi connectivity index (χ0v) is 8.78. The highest BCUT2D eigenvalue weighted by atomic mass is 16.2. The van der Waals surface area contributed by atoms with Crippen molar-refractivity contribution in [3.63, 3.8) is 0 Å². The number of hydrogen-bond acceptors (Lipinski definition) is 3. The summed E-state index contributed by atoms with van der Waals surface area (Å²) in [5, 5.41) is 0. The molecule has 1 aromatic carbocycles. The predicted molar refractivity (Wildman–Crippen MR) is 58.0 cm³/mol. The zero-order valence-electron chi connectivity index (χ0n) is 8.78. The Morgan fingerprint density at radius 3 is 1.80 bits per heavy atom. The number of benzene rings is 1. The summed E-state index contributed by atoms with van der Waals surface area (Å²) in [7, 11) is 0. The summed E-state index contributed by atoms with van der Waals surface area (Å²) in [5.74, 6) is 3.98. The smallest absolute Gasteiger partial charge is 0.265 e. The fourth-order valence-corrected chi connectivity index (χ4v) is 0.869. The lowest BCUT2D eigenvalue weighted by Gasteiger charge is -1.99. The van der Waals surface area contributed by atoms with Crippen molar-refractivity contribution >= 4 is 11.8 Å². The number of nitrogens with one attached hydrogen (secondary N) is 1. The van der Waals surface area contributed by atoms with Gasteiger partial charge in [0.25, 0.3) is 5.91 Å². The van der Waals surface area contributed by atoms with Gasteiger partial charge in [0, 0.05) is 11.1 Å². The van der Waals surface area contributed by atoms with E-state index in [1.54, 1.807) is 0 Å². The molecule has 5 nitrogen and oxygen atoms in total. The van der Waals surface area contributed by atoms with Crippen molar-refractivity contribution in [1.29, 1.82) is 0 Å². The average molecular weight is 209 g/mol. The molecule has 0 aliphatic heterocycles. The number of hydrazine groups is 1. The number of rotatable bonds is 2. The minimum absolute atomic E-state index is 0.355. The van der Waals surface area contributed by atoms with Crippen LogP contribution in [0.5, 0.6) is 0 Å². The molecule has 0 aromatic heterocycles. The minimum Gasteiger partial charge on any atom is -0.366 e. The fourth-order valence-electron chi connectivity index (χ4n) is 0.869. The maximum absolute atomic E-state index is 10.9. The number of carbonyl (C=O) groups is 2. The van der Waals surface area contributed by atoms with Crippen LogP contribution in [0.15, 0.2) is 24.3 Å². The van der Waals surface area contributed by atoms with E-state index in [0.717, 1.165) is 0 Å². The molecule has 0 aliphatic rings. The molecule has 15 heavy (non-hydrogen) atoms. The van der Waals surface area contributed by atoms with Gasteiger partial charge in [-0.3, -0.25) is 15.0 Å². The number of nitrogen functional groups attached to an aromatic ring is 1. The van der Waals surface area contributed by atoms with Crippen molar-refractivity contribution < 1.29 is 9.59 Å². The van der Waals surface area contributed by atoms with Crippen molar-refractivity contribution in [3.05, 3.63) is 35.4 Å². The molecule has 2 amide bonds. The largest absolute Gasteiger partial charge is 0.366 e. The van der Waals surface area contributed by atoms with Crippen LogP contribution in [0.3, 0.4) is 0 Å². The number of amides is 2. The molecule has 0 atom stereocenters. The first kappa shape index (κ1) is 13.1. The third-order valence-corrected chi connectivity index (χ3v) is 1.56. The van der Waals surface area contributed by atoms with Crippen molar-refractivity contribution in [3.8, 4) is 0 Å². The van der Waals surface area contributed by atoms with Crippen molar-refractivity contribution in [2.75, 3.05) is 0 Å². The molecule has 0 bridgehead atoms. The van der Waals surface area contributed by atoms with Crippen LogP contribution in [-0.4, -0.2) is 11.8 Å². The third-order valence-electron chi connectivity index (χ3n) is 1.56. The molecule has 0 spiro atoms. The molecule has 0 fully saturated rings. The molecule has 0 saturated heterocycles. The van der Waals surface area contributed by atoms with Gasteiger partial charge in [0.1, 0.15) is 0 Å². The maximum atomic E-state index is 10.9. The second kappa shape index (κ2) is 6.56. The predicted octanol–water partition coefficient (Wildman–Crippen LogP) is 0.415. The third kappa shape index (κ3) is 3.78. The Morgan fingerprint density at radius 2 is 1.47 bits per heavy atom. The highest BCUT2D eigenvalue weighted by Crippen LogP contribution is 2.02. The lowest BCUT2D eigenvalue weighted by Crippen LogP contribution is -2.29. The number of nitrogens with two attached hydrogens (primary N) is 2. The zero-order chi connectivity index (χ0) is 11.8. The summed E-state index contributed by atoms with van der Waals surface area (Å²) in [6.07, 6.45) is 0. The summed E-state index contributed by atoms with van der Waals surface area (Å²) in [6.45, 7) is 4.00. The summed E-state index contributed by atoms with van der Waals surface area (Å²) in [4.78, 5) is 21.6. The fraction of sp³-hybridized carbons (Fsp3) is 0.200. The van der Waals surface area contributed by atoms with Crippen LogP contribution in [0.4, 0.5) is 0 Å². The van der Waals surface area contributed by atoms with Crippen LogP contribution in [-0.2, 0) is 0 Å². The highest BCUT2D eigenvalue weighted by molar-refractivity contribution is 5.96. The van der Waals surface area contributed by atoms with Gasteiger partial charge >= 0.3 is 0 Å². The van der Waals surface area contributed by atoms with E-state index in [1.165, 1.54) is 24.3 Å². The molecule has 5 N–H and O–H groups in total. The van der Waals surface area contributed by atoms with E-state index >= 15 is 0 Å². The van der Waals surface area contributed by atoms with Gasteiger partial charge in [-0.25, -0.2) is 5.84 Å². The Hall–Kier alpha value is -1.88. The lowest BCUT2D eigenvalue weighted by atomic mass is 10.1. The van der Waals surface area contributed by atoms with E-state index < -0.39 is 11.8 Å². The van der Waals surface area contributed by atoms with Crippen LogP contribution in [0, 0.1) is 0 Å². The monoisotopic (exact) mass is 209 g/mol. The molecule has 0 aliphatic carbocycles. The average Bonchev–Trinajstić information content (AvgIpc) is 2.31. The SMILES string of the molecule is CC.NNC(=O)c1ccc(C(N)=O)cc1. The summed E-state index contributed by atoms with van der Waals surface area (Å²) in [5.41, 5.74) is 7.72. The standard InChI is InChI=1S/C8H9N3O2.C2H6/c9-7(12)5-1-3-6(4-2-5)8(13)11-10;1-2/h1-4H,10H2,(H2,9,12)(H,11,13);1-2H3. The van der Waals surface area contributed by atoms with E-state index in [-0.39, 0.29) is 0 Å². The van der Waals surface area contributed by atoms with Gasteiger partial charge in [-0.05, 0) is 24.3 Å². The van der Waals surface area contributed by atoms with E-state index in [2.05, 4.69) is 0 Å². The molecule has 1 aromatic rings. The van der Waals surface area contributed by atoms with Crippen molar-refractivity contribution in [2.45, 2.75) is 13.8 Å². The van der Waals surface area contributed by atoms with Crippen LogP contribution < -0.4 is 17.0 Å². The van der Waals surface area contributed by atoms with Crippen LogP contribution in [0.2, 0.25) is 0 Å². The van der Waals surface area contributed by atoms with Crippen molar-refractivity contribution in [1.82, 2.24) is 5.43 Å². The first-order valence-electron chi connectivity index (χ1n) is 4.56. The maximum Gasteiger partial charge on any atom is 0.265 e. The van der Waals surface area contributed by atoms with Gasteiger partial charge in [-0.15, -0.1) is 0 Å². The number of hydrogen-bond donors (Lipinski definition) is 3. The normalized spacial score (nSPS) is 8.47. The first-order chi connectivity index (χ1) is 7.15. The molecule has 0 heterocycles. The second-order valence-corrected chi connectivity index (χ2v) is 2.42. The van der Waals surface area contributed by atoms with Gasteiger partial charge in [-0.2, -0.15) is 0 Å². The summed E-state index contributed by atoms with van der Waals surface area (Å²) >= 11 is 0. The van der Waals surface area contributed by atoms with Crippen LogP contribution in [0.1, 0.15) is 34.6 Å². The summed E-state index contributed by atoms with van der Waals surface area (Å²) in [6, 6.07) is 5.88. The molecular formula is C10H15N3O2. The Labute approximate surface area is 88.4 Å². The van der Waals surface area contributed by atoms with Crippen LogP contribution >= 0.6 is 0 Å².